The van der Waals surface area contributed by atoms with Crippen LogP contribution in [0.25, 0.3) is 0 Å². The van der Waals surface area contributed by atoms with Gasteiger partial charge in [0.05, 0.1) is 6.33 Å². The third kappa shape index (κ3) is 5.62. The van der Waals surface area contributed by atoms with Crippen LogP contribution in [-0.2, 0) is 13.0 Å². The van der Waals surface area contributed by atoms with Gasteiger partial charge in [0.1, 0.15) is 0 Å². The summed E-state index contributed by atoms with van der Waals surface area (Å²) in [6.45, 7) is 3.22. The summed E-state index contributed by atoms with van der Waals surface area (Å²) in [5.41, 5.74) is 1.31. The van der Waals surface area contributed by atoms with E-state index in [1.807, 2.05) is 42.6 Å². The van der Waals surface area contributed by atoms with Crippen molar-refractivity contribution in [3.8, 4) is 0 Å². The van der Waals surface area contributed by atoms with Gasteiger partial charge in [-0.15, -0.1) is 11.8 Å². The van der Waals surface area contributed by atoms with Crippen molar-refractivity contribution in [1.29, 1.82) is 0 Å². The van der Waals surface area contributed by atoms with Crippen LogP contribution in [0, 0.1) is 0 Å². The van der Waals surface area contributed by atoms with Crippen molar-refractivity contribution >= 4 is 55.2 Å². The molecule has 0 spiro atoms. The van der Waals surface area contributed by atoms with Crippen molar-refractivity contribution in [2.45, 2.75) is 36.0 Å². The van der Waals surface area contributed by atoms with Gasteiger partial charge >= 0.3 is 0 Å². The Kier molecular flexibility index (Phi) is 6.89. The van der Waals surface area contributed by atoms with E-state index >= 15 is 0 Å². The largest absolute Gasteiger partial charge is 0.336 e. The number of rotatable bonds is 7. The smallest absolute Gasteiger partial charge is 0.0946 e. The highest BCUT2D eigenvalue weighted by Gasteiger charge is 2.27. The van der Waals surface area contributed by atoms with Crippen LogP contribution in [0.4, 0.5) is 0 Å². The first-order valence-corrected chi connectivity index (χ1v) is 11.1. The lowest BCUT2D eigenvalue weighted by Gasteiger charge is -2.30. The van der Waals surface area contributed by atoms with Gasteiger partial charge in [-0.2, -0.15) is 0 Å². The van der Waals surface area contributed by atoms with Gasteiger partial charge in [0, 0.05) is 42.5 Å². The summed E-state index contributed by atoms with van der Waals surface area (Å²) >= 11 is 15.1. The molecule has 1 heterocycles. The predicted molar refractivity (Wildman–Crippen MR) is 118 cm³/mol. The molecule has 0 N–H and O–H groups in total. The van der Waals surface area contributed by atoms with Crippen LogP contribution >= 0.6 is 55.2 Å². The summed E-state index contributed by atoms with van der Waals surface area (Å²) < 4.78 is 4.37. The molecule has 0 aliphatic carbocycles. The van der Waals surface area contributed by atoms with E-state index in [0.717, 1.165) is 33.4 Å². The number of aromatic nitrogens is 2. The summed E-state index contributed by atoms with van der Waals surface area (Å²) in [5.74, 6) is 0. The van der Waals surface area contributed by atoms with E-state index in [4.69, 9.17) is 11.6 Å². The molecule has 3 rings (SSSR count). The van der Waals surface area contributed by atoms with Crippen LogP contribution in [0.3, 0.4) is 0 Å². The highest BCUT2D eigenvalue weighted by Crippen LogP contribution is 2.41. The van der Waals surface area contributed by atoms with Gasteiger partial charge in [-0.3, -0.25) is 0 Å². The molecule has 136 valence electrons. The van der Waals surface area contributed by atoms with Crippen LogP contribution in [0.5, 0.6) is 0 Å². The van der Waals surface area contributed by atoms with Gasteiger partial charge < -0.3 is 4.57 Å². The molecule has 0 radical (unpaired) electrons. The molecule has 0 fully saturated rings. The van der Waals surface area contributed by atoms with Crippen molar-refractivity contribution in [2.24, 2.45) is 0 Å². The third-order valence-electron chi connectivity index (χ3n) is 4.18. The summed E-state index contributed by atoms with van der Waals surface area (Å²) in [7, 11) is 0. The van der Waals surface area contributed by atoms with Crippen molar-refractivity contribution < 1.29 is 0 Å². The molecule has 0 amide bonds. The second-order valence-corrected chi connectivity index (χ2v) is 10.3. The topological polar surface area (TPSA) is 17.8 Å². The fourth-order valence-corrected chi connectivity index (χ4v) is 5.47. The fourth-order valence-electron chi connectivity index (χ4n) is 2.81. The molecular weight excluding hydrogens is 496 g/mol. The maximum atomic E-state index is 6.01. The lowest BCUT2D eigenvalue weighted by atomic mass is 10.00. The standard InChI is InChI=1S/C20H19Br2ClN2S/c1-20(13-25-11-10-24-14-25,9-8-15-2-5-17(23)6-3-15)26-19-7-4-16(21)12-18(19)22/h2-7,10-12,14H,8-9,13H2,1H3. The molecule has 3 aromatic rings. The predicted octanol–water partition coefficient (Wildman–Crippen LogP) is 7.25. The first kappa shape index (κ1) is 20.0. The minimum absolute atomic E-state index is 0.0245. The normalized spacial score (nSPS) is 13.5. The number of thioether (sulfide) groups is 1. The summed E-state index contributed by atoms with van der Waals surface area (Å²) in [6.07, 6.45) is 7.79. The molecule has 2 nitrogen and oxygen atoms in total. The highest BCUT2D eigenvalue weighted by atomic mass is 79.9. The summed E-state index contributed by atoms with van der Waals surface area (Å²) in [4.78, 5) is 5.44. The van der Waals surface area contributed by atoms with E-state index in [1.54, 1.807) is 0 Å². The molecule has 0 saturated heterocycles. The molecule has 1 unspecified atom stereocenters. The summed E-state index contributed by atoms with van der Waals surface area (Å²) in [6, 6.07) is 14.5. The van der Waals surface area contributed by atoms with Gasteiger partial charge in [-0.1, -0.05) is 39.7 Å². The molecular formula is C20H19Br2ClN2S. The molecule has 1 aromatic heterocycles. The lowest BCUT2D eigenvalue weighted by Crippen LogP contribution is -2.27. The highest BCUT2D eigenvalue weighted by molar-refractivity contribution is 9.11. The Morgan fingerprint density at radius 3 is 2.58 bits per heavy atom. The Morgan fingerprint density at radius 1 is 1.15 bits per heavy atom. The van der Waals surface area contributed by atoms with Gasteiger partial charge in [-0.25, -0.2) is 4.98 Å². The van der Waals surface area contributed by atoms with E-state index in [2.05, 4.69) is 78.7 Å². The van der Waals surface area contributed by atoms with Crippen LogP contribution in [0.1, 0.15) is 18.9 Å². The Labute approximate surface area is 180 Å². The fraction of sp³-hybridized carbons (Fsp3) is 0.250. The van der Waals surface area contributed by atoms with Gasteiger partial charge in [0.25, 0.3) is 0 Å². The molecule has 26 heavy (non-hydrogen) atoms. The number of hydrogen-bond donors (Lipinski definition) is 0. The van der Waals surface area contributed by atoms with Crippen LogP contribution < -0.4 is 0 Å². The number of nitrogens with zero attached hydrogens (tertiary/aromatic N) is 2. The Balaban J connectivity index is 1.79. The first-order chi connectivity index (χ1) is 12.4. The number of hydrogen-bond acceptors (Lipinski definition) is 2. The maximum Gasteiger partial charge on any atom is 0.0946 e. The van der Waals surface area contributed by atoms with Crippen molar-refractivity contribution in [3.63, 3.8) is 0 Å². The Morgan fingerprint density at radius 2 is 1.92 bits per heavy atom. The van der Waals surface area contributed by atoms with Crippen molar-refractivity contribution in [3.05, 3.63) is 80.7 Å². The zero-order chi connectivity index (χ0) is 18.6. The maximum absolute atomic E-state index is 6.01. The van der Waals surface area contributed by atoms with Gasteiger partial charge in [0.15, 0.2) is 0 Å². The molecule has 6 heteroatoms. The average Bonchev–Trinajstić information content (AvgIpc) is 3.10. The number of imidazole rings is 1. The summed E-state index contributed by atoms with van der Waals surface area (Å²) in [5, 5.41) is 0.781. The van der Waals surface area contributed by atoms with E-state index in [-0.39, 0.29) is 4.75 Å². The number of aryl methyl sites for hydroxylation is 1. The van der Waals surface area contributed by atoms with Crippen molar-refractivity contribution in [2.75, 3.05) is 0 Å². The molecule has 0 aliphatic rings. The van der Waals surface area contributed by atoms with E-state index in [9.17, 15) is 0 Å². The van der Waals surface area contributed by atoms with Crippen LogP contribution in [0.15, 0.2) is 75.0 Å². The second-order valence-electron chi connectivity index (χ2n) is 6.49. The molecule has 0 aliphatic heterocycles. The first-order valence-electron chi connectivity index (χ1n) is 8.28. The average molecular weight is 515 g/mol. The van der Waals surface area contributed by atoms with E-state index in [1.165, 1.54) is 10.5 Å². The minimum Gasteiger partial charge on any atom is -0.336 e. The van der Waals surface area contributed by atoms with Crippen molar-refractivity contribution in [1.82, 2.24) is 9.55 Å². The number of benzene rings is 2. The zero-order valence-electron chi connectivity index (χ0n) is 14.3. The zero-order valence-corrected chi connectivity index (χ0v) is 19.1. The Hall–Kier alpha value is -0.750. The molecule has 1 atom stereocenters. The molecule has 2 aromatic carbocycles. The van der Waals surface area contributed by atoms with Crippen LogP contribution in [0.2, 0.25) is 5.02 Å². The van der Waals surface area contributed by atoms with Gasteiger partial charge in [0.2, 0.25) is 0 Å². The van der Waals surface area contributed by atoms with Gasteiger partial charge in [-0.05, 0) is 71.6 Å². The SMILES string of the molecule is CC(CCc1ccc(Cl)cc1)(Cn1ccnc1)Sc1ccc(Br)cc1Br. The molecule has 0 saturated carbocycles. The lowest BCUT2D eigenvalue weighted by molar-refractivity contribution is 0.495. The molecule has 0 bridgehead atoms. The number of halogens is 3. The van der Waals surface area contributed by atoms with E-state index in [0.29, 0.717) is 0 Å². The Bertz CT molecular complexity index is 853. The minimum atomic E-state index is 0.0245. The second kappa shape index (κ2) is 8.96. The third-order valence-corrected chi connectivity index (χ3v) is 7.25. The quantitative estimate of drug-likeness (QED) is 0.309. The van der Waals surface area contributed by atoms with E-state index < -0.39 is 0 Å². The van der Waals surface area contributed by atoms with Crippen LogP contribution in [-0.4, -0.2) is 14.3 Å². The monoisotopic (exact) mass is 512 g/mol.